The van der Waals surface area contributed by atoms with E-state index >= 15 is 0 Å². The first-order valence-corrected chi connectivity index (χ1v) is 7.52. The Labute approximate surface area is 126 Å². The Morgan fingerprint density at radius 2 is 2.14 bits per heavy atom. The zero-order valence-corrected chi connectivity index (χ0v) is 12.4. The van der Waals surface area contributed by atoms with Crippen LogP contribution in [0.1, 0.15) is 19.8 Å². The third-order valence-corrected chi connectivity index (χ3v) is 4.06. The average Bonchev–Trinajstić information content (AvgIpc) is 2.85. The SMILES string of the molecule is CCC(CNC(=O)Nc1nc2ccccc2s1)CC(=O)O. The molecule has 0 bridgehead atoms. The van der Waals surface area contributed by atoms with Crippen molar-refractivity contribution in [3.8, 4) is 0 Å². The first-order valence-electron chi connectivity index (χ1n) is 6.70. The number of hydrogen-bond donors (Lipinski definition) is 3. The van der Waals surface area contributed by atoms with E-state index in [1.165, 1.54) is 11.3 Å². The second-order valence-corrected chi connectivity index (χ2v) is 5.72. The molecule has 2 amide bonds. The second-order valence-electron chi connectivity index (χ2n) is 4.69. The Bertz CT molecular complexity index is 608. The Hall–Kier alpha value is -2.15. The molecule has 0 aliphatic rings. The number of benzene rings is 1. The predicted octanol–water partition coefficient (Wildman–Crippen LogP) is 2.92. The molecule has 112 valence electrons. The average molecular weight is 307 g/mol. The molecule has 1 unspecified atom stereocenters. The summed E-state index contributed by atoms with van der Waals surface area (Å²) in [6.45, 7) is 2.24. The minimum absolute atomic E-state index is 0.0535. The number of carbonyl (C=O) groups is 2. The van der Waals surface area contributed by atoms with Crippen molar-refractivity contribution in [3.63, 3.8) is 0 Å². The number of carboxylic acid groups (broad SMARTS) is 1. The third-order valence-electron chi connectivity index (χ3n) is 3.11. The van der Waals surface area contributed by atoms with Crippen LogP contribution >= 0.6 is 11.3 Å². The molecule has 1 aromatic heterocycles. The number of thiazole rings is 1. The molecule has 2 aromatic rings. The minimum Gasteiger partial charge on any atom is -0.481 e. The lowest BCUT2D eigenvalue weighted by Crippen LogP contribution is -2.33. The lowest BCUT2D eigenvalue weighted by Gasteiger charge is -2.13. The smallest absolute Gasteiger partial charge is 0.321 e. The van der Waals surface area contributed by atoms with Gasteiger partial charge in [0, 0.05) is 13.0 Å². The van der Waals surface area contributed by atoms with E-state index in [0.717, 1.165) is 10.2 Å². The van der Waals surface area contributed by atoms with Crippen molar-refractivity contribution >= 4 is 38.7 Å². The monoisotopic (exact) mass is 307 g/mol. The van der Waals surface area contributed by atoms with E-state index in [9.17, 15) is 9.59 Å². The van der Waals surface area contributed by atoms with Gasteiger partial charge in [0.1, 0.15) is 0 Å². The highest BCUT2D eigenvalue weighted by molar-refractivity contribution is 7.22. The summed E-state index contributed by atoms with van der Waals surface area (Å²) in [6, 6.07) is 7.27. The highest BCUT2D eigenvalue weighted by Gasteiger charge is 2.13. The molecule has 2 rings (SSSR count). The lowest BCUT2D eigenvalue weighted by atomic mass is 10.0. The van der Waals surface area contributed by atoms with Crippen molar-refractivity contribution in [1.29, 1.82) is 0 Å². The summed E-state index contributed by atoms with van der Waals surface area (Å²) in [5, 5.41) is 14.6. The van der Waals surface area contributed by atoms with Crippen molar-refractivity contribution < 1.29 is 14.7 Å². The maximum absolute atomic E-state index is 11.8. The van der Waals surface area contributed by atoms with Crippen LogP contribution in [0.25, 0.3) is 10.2 Å². The van der Waals surface area contributed by atoms with Crippen molar-refractivity contribution in [1.82, 2.24) is 10.3 Å². The van der Waals surface area contributed by atoms with Crippen molar-refractivity contribution in [2.45, 2.75) is 19.8 Å². The largest absolute Gasteiger partial charge is 0.481 e. The first-order chi connectivity index (χ1) is 10.1. The van der Waals surface area contributed by atoms with Crippen LogP contribution in [-0.4, -0.2) is 28.6 Å². The number of carboxylic acids is 1. The van der Waals surface area contributed by atoms with Gasteiger partial charge in [-0.25, -0.2) is 9.78 Å². The summed E-state index contributed by atoms with van der Waals surface area (Å²) < 4.78 is 1.00. The summed E-state index contributed by atoms with van der Waals surface area (Å²) in [7, 11) is 0. The van der Waals surface area contributed by atoms with Crippen LogP contribution in [0.3, 0.4) is 0 Å². The molecule has 0 spiro atoms. The number of carbonyl (C=O) groups excluding carboxylic acids is 1. The van der Waals surface area contributed by atoms with E-state index in [1.807, 2.05) is 31.2 Å². The standard InChI is InChI=1S/C14H17N3O3S/c1-2-9(7-12(18)19)8-15-13(20)17-14-16-10-5-3-4-6-11(10)21-14/h3-6,9H,2,7-8H2,1H3,(H,18,19)(H2,15,16,17,20). The topological polar surface area (TPSA) is 91.3 Å². The van der Waals surface area contributed by atoms with E-state index in [2.05, 4.69) is 15.6 Å². The van der Waals surface area contributed by atoms with Crippen LogP contribution in [0.15, 0.2) is 24.3 Å². The fraction of sp³-hybridized carbons (Fsp3) is 0.357. The number of nitrogens with zero attached hydrogens (tertiary/aromatic N) is 1. The number of nitrogens with one attached hydrogen (secondary N) is 2. The van der Waals surface area contributed by atoms with Crippen LogP contribution < -0.4 is 10.6 Å². The molecule has 1 heterocycles. The van der Waals surface area contributed by atoms with Gasteiger partial charge in [-0.15, -0.1) is 0 Å². The maximum atomic E-state index is 11.8. The van der Waals surface area contributed by atoms with Gasteiger partial charge in [0.05, 0.1) is 10.2 Å². The van der Waals surface area contributed by atoms with Crippen LogP contribution in [0.2, 0.25) is 0 Å². The van der Waals surface area contributed by atoms with E-state index < -0.39 is 5.97 Å². The van der Waals surface area contributed by atoms with Crippen molar-refractivity contribution in [3.05, 3.63) is 24.3 Å². The molecule has 0 fully saturated rings. The van der Waals surface area contributed by atoms with Gasteiger partial charge in [-0.05, 0) is 18.1 Å². The van der Waals surface area contributed by atoms with Gasteiger partial charge in [0.15, 0.2) is 5.13 Å². The van der Waals surface area contributed by atoms with Crippen molar-refractivity contribution in [2.75, 3.05) is 11.9 Å². The quantitative estimate of drug-likeness (QED) is 0.765. The highest BCUT2D eigenvalue weighted by Crippen LogP contribution is 2.25. The molecule has 0 aliphatic carbocycles. The molecule has 6 nitrogen and oxygen atoms in total. The van der Waals surface area contributed by atoms with Crippen LogP contribution in [0, 0.1) is 5.92 Å². The van der Waals surface area contributed by atoms with Gasteiger partial charge in [0.2, 0.25) is 0 Å². The molecule has 0 radical (unpaired) electrons. The maximum Gasteiger partial charge on any atom is 0.321 e. The second kappa shape index (κ2) is 7.03. The summed E-state index contributed by atoms with van der Waals surface area (Å²) in [4.78, 5) is 26.8. The summed E-state index contributed by atoms with van der Waals surface area (Å²) in [5.74, 6) is -0.918. The predicted molar refractivity (Wildman–Crippen MR) is 82.7 cm³/mol. The molecular weight excluding hydrogens is 290 g/mol. The van der Waals surface area contributed by atoms with Crippen LogP contribution in [0.4, 0.5) is 9.93 Å². The molecule has 0 saturated carbocycles. The van der Waals surface area contributed by atoms with Gasteiger partial charge in [-0.1, -0.05) is 36.8 Å². The van der Waals surface area contributed by atoms with Gasteiger partial charge >= 0.3 is 12.0 Å². The molecule has 0 saturated heterocycles. The number of amides is 2. The van der Waals surface area contributed by atoms with Crippen LogP contribution in [-0.2, 0) is 4.79 Å². The summed E-state index contributed by atoms with van der Waals surface area (Å²) >= 11 is 1.40. The normalized spacial score (nSPS) is 12.0. The highest BCUT2D eigenvalue weighted by atomic mass is 32.1. The lowest BCUT2D eigenvalue weighted by molar-refractivity contribution is -0.138. The minimum atomic E-state index is -0.852. The number of para-hydroxylation sites is 1. The number of fused-ring (bicyclic) bond motifs is 1. The molecule has 1 aromatic carbocycles. The number of anilines is 1. The Balaban J connectivity index is 1.87. The molecular formula is C14H17N3O3S. The number of urea groups is 1. The Morgan fingerprint density at radius 1 is 1.38 bits per heavy atom. The van der Waals surface area contributed by atoms with E-state index in [0.29, 0.717) is 18.1 Å². The van der Waals surface area contributed by atoms with Gasteiger partial charge in [-0.3, -0.25) is 10.1 Å². The zero-order valence-electron chi connectivity index (χ0n) is 11.6. The number of aliphatic carboxylic acids is 1. The third kappa shape index (κ3) is 4.42. The van der Waals surface area contributed by atoms with Crippen LogP contribution in [0.5, 0.6) is 0 Å². The van der Waals surface area contributed by atoms with Gasteiger partial charge < -0.3 is 10.4 Å². The fourth-order valence-corrected chi connectivity index (χ4v) is 2.77. The molecule has 3 N–H and O–H groups in total. The Kier molecular flexibility index (Phi) is 5.10. The van der Waals surface area contributed by atoms with Gasteiger partial charge in [0.25, 0.3) is 0 Å². The van der Waals surface area contributed by atoms with Crippen molar-refractivity contribution in [2.24, 2.45) is 5.92 Å². The number of rotatable bonds is 6. The Morgan fingerprint density at radius 3 is 2.81 bits per heavy atom. The van der Waals surface area contributed by atoms with E-state index in [4.69, 9.17) is 5.11 Å². The van der Waals surface area contributed by atoms with Gasteiger partial charge in [-0.2, -0.15) is 0 Å². The molecule has 0 aliphatic heterocycles. The molecule has 7 heteroatoms. The van der Waals surface area contributed by atoms with E-state index in [1.54, 1.807) is 0 Å². The summed E-state index contributed by atoms with van der Waals surface area (Å²) in [5.41, 5.74) is 0.843. The molecule has 1 atom stereocenters. The zero-order chi connectivity index (χ0) is 15.2. The first kappa shape index (κ1) is 15.2. The summed E-state index contributed by atoms with van der Waals surface area (Å²) in [6.07, 6.45) is 0.756. The fourth-order valence-electron chi connectivity index (χ4n) is 1.91. The number of aromatic nitrogens is 1. The van der Waals surface area contributed by atoms with E-state index in [-0.39, 0.29) is 18.4 Å². The number of hydrogen-bond acceptors (Lipinski definition) is 4. The molecule has 21 heavy (non-hydrogen) atoms.